The Balaban J connectivity index is 2.09. The summed E-state index contributed by atoms with van der Waals surface area (Å²) in [7, 11) is -3.99. The summed E-state index contributed by atoms with van der Waals surface area (Å²) in [6.45, 7) is 1.58. The molecule has 0 aliphatic carbocycles. The lowest BCUT2D eigenvalue weighted by atomic mass is 10.1. The molecule has 0 spiro atoms. The van der Waals surface area contributed by atoms with Gasteiger partial charge in [-0.2, -0.15) is 0 Å². The zero-order valence-corrected chi connectivity index (χ0v) is 15.8. The number of benzene rings is 2. The summed E-state index contributed by atoms with van der Waals surface area (Å²) >= 11 is 0. The number of hydrogen-bond donors (Lipinski definition) is 2. The van der Waals surface area contributed by atoms with Crippen molar-refractivity contribution in [2.24, 2.45) is 0 Å². The second kappa shape index (κ2) is 9.37. The Labute approximate surface area is 161 Å². The molecule has 6 nitrogen and oxygen atoms in total. The lowest BCUT2D eigenvalue weighted by Gasteiger charge is -2.19. The molecule has 0 aromatic heterocycles. The van der Waals surface area contributed by atoms with Crippen LogP contribution in [0, 0.1) is 6.92 Å². The molecule has 2 aromatic rings. The fourth-order valence-electron chi connectivity index (χ4n) is 2.34. The van der Waals surface area contributed by atoms with Gasteiger partial charge in [-0.25, -0.2) is 13.1 Å². The molecule has 10 heteroatoms. The number of aliphatic hydroxyl groups excluding tert-OH is 1. The Bertz CT molecular complexity index is 852. The van der Waals surface area contributed by atoms with Gasteiger partial charge >= 0.3 is 6.36 Å². The number of hydrogen-bond acceptors (Lipinski definition) is 5. The number of nitrogens with one attached hydrogen (secondary N) is 1. The van der Waals surface area contributed by atoms with Crippen LogP contribution in [-0.2, 0) is 14.8 Å². The molecule has 0 radical (unpaired) electrons. The molecule has 0 heterocycles. The van der Waals surface area contributed by atoms with Gasteiger partial charge in [0.2, 0.25) is 10.0 Å². The molecular formula is C18H20F3NO5S. The van der Waals surface area contributed by atoms with Crippen LogP contribution in [0.2, 0.25) is 0 Å². The minimum Gasteiger partial charge on any atom is -0.406 e. The number of alkyl halides is 3. The van der Waals surface area contributed by atoms with Gasteiger partial charge < -0.3 is 14.6 Å². The first-order valence-electron chi connectivity index (χ1n) is 8.25. The molecule has 0 aliphatic rings. The Morgan fingerprint density at radius 3 is 2.21 bits per heavy atom. The van der Waals surface area contributed by atoms with Crippen LogP contribution in [0.4, 0.5) is 13.2 Å². The molecule has 2 rings (SSSR count). The van der Waals surface area contributed by atoms with Gasteiger partial charge in [0.15, 0.2) is 0 Å². The maximum atomic E-state index is 12.4. The molecule has 0 saturated carbocycles. The number of aryl methyl sites for hydroxylation is 1. The van der Waals surface area contributed by atoms with Crippen LogP contribution >= 0.6 is 0 Å². The summed E-state index contributed by atoms with van der Waals surface area (Å²) in [5.74, 6) is -0.518. The van der Waals surface area contributed by atoms with Crippen molar-refractivity contribution >= 4 is 10.0 Å². The van der Waals surface area contributed by atoms with E-state index in [0.29, 0.717) is 0 Å². The Morgan fingerprint density at radius 2 is 1.68 bits per heavy atom. The van der Waals surface area contributed by atoms with Gasteiger partial charge in [-0.15, -0.1) is 13.2 Å². The van der Waals surface area contributed by atoms with Crippen molar-refractivity contribution < 1.29 is 36.2 Å². The van der Waals surface area contributed by atoms with Crippen LogP contribution in [0.15, 0.2) is 53.4 Å². The van der Waals surface area contributed by atoms with E-state index in [9.17, 15) is 21.6 Å². The topological polar surface area (TPSA) is 84.9 Å². The summed E-state index contributed by atoms with van der Waals surface area (Å²) in [4.78, 5) is -0.216. The summed E-state index contributed by atoms with van der Waals surface area (Å²) in [5, 5.41) is 8.96. The van der Waals surface area contributed by atoms with Gasteiger partial charge in [0.05, 0.1) is 24.2 Å². The largest absolute Gasteiger partial charge is 0.573 e. The van der Waals surface area contributed by atoms with E-state index in [0.717, 1.165) is 35.4 Å². The second-order valence-electron chi connectivity index (χ2n) is 5.86. The van der Waals surface area contributed by atoms with Gasteiger partial charge in [-0.05, 0) is 36.8 Å². The van der Waals surface area contributed by atoms with Crippen molar-refractivity contribution in [2.75, 3.05) is 19.8 Å². The standard InChI is InChI=1S/C18H20F3NO5S/c1-13-2-4-14(5-3-13)17(26-11-10-23)12-22-28(24,25)16-8-6-15(7-9-16)27-18(19,20)21/h2-9,17,22-23H,10-12H2,1H3/t17-/m0/s1. The number of sulfonamides is 1. The minimum atomic E-state index is -4.86. The summed E-state index contributed by atoms with van der Waals surface area (Å²) in [6, 6.07) is 11.1. The predicted molar refractivity (Wildman–Crippen MR) is 95.3 cm³/mol. The van der Waals surface area contributed by atoms with Crippen LogP contribution in [0.5, 0.6) is 5.75 Å². The number of aliphatic hydroxyl groups is 1. The van der Waals surface area contributed by atoms with Gasteiger partial charge in [-0.3, -0.25) is 0 Å². The lowest BCUT2D eigenvalue weighted by Crippen LogP contribution is -2.30. The van der Waals surface area contributed by atoms with E-state index in [1.54, 1.807) is 12.1 Å². The number of rotatable bonds is 9. The summed E-state index contributed by atoms with van der Waals surface area (Å²) in [5.41, 5.74) is 1.74. The van der Waals surface area contributed by atoms with Gasteiger partial charge in [0, 0.05) is 6.54 Å². The lowest BCUT2D eigenvalue weighted by molar-refractivity contribution is -0.274. The zero-order chi connectivity index (χ0) is 20.8. The van der Waals surface area contributed by atoms with Crippen molar-refractivity contribution in [1.29, 1.82) is 0 Å². The fraction of sp³-hybridized carbons (Fsp3) is 0.333. The van der Waals surface area contributed by atoms with Crippen LogP contribution in [0.25, 0.3) is 0 Å². The quantitative estimate of drug-likeness (QED) is 0.653. The Kier molecular flexibility index (Phi) is 7.41. The molecule has 0 aliphatic heterocycles. The monoisotopic (exact) mass is 419 g/mol. The highest BCUT2D eigenvalue weighted by Gasteiger charge is 2.31. The predicted octanol–water partition coefficient (Wildman–Crippen LogP) is 2.92. The molecular weight excluding hydrogens is 399 g/mol. The third-order valence-corrected chi connectivity index (χ3v) is 5.13. The Hall–Kier alpha value is -2.14. The molecule has 28 heavy (non-hydrogen) atoms. The normalized spacial score (nSPS) is 13.3. The van der Waals surface area contributed by atoms with Crippen LogP contribution in [0.3, 0.4) is 0 Å². The molecule has 2 aromatic carbocycles. The van der Waals surface area contributed by atoms with Crippen molar-refractivity contribution in [3.8, 4) is 5.75 Å². The van der Waals surface area contributed by atoms with E-state index >= 15 is 0 Å². The average molecular weight is 419 g/mol. The van der Waals surface area contributed by atoms with E-state index < -0.39 is 28.2 Å². The maximum Gasteiger partial charge on any atom is 0.573 e. The van der Waals surface area contributed by atoms with Crippen LogP contribution in [-0.4, -0.2) is 39.6 Å². The molecule has 1 atom stereocenters. The maximum absolute atomic E-state index is 12.4. The first kappa shape index (κ1) is 22.2. The van der Waals surface area contributed by atoms with Gasteiger partial charge in [-0.1, -0.05) is 29.8 Å². The zero-order valence-electron chi connectivity index (χ0n) is 14.9. The van der Waals surface area contributed by atoms with Gasteiger partial charge in [0.1, 0.15) is 5.75 Å². The first-order valence-corrected chi connectivity index (χ1v) is 9.73. The minimum absolute atomic E-state index is 0.0176. The van der Waals surface area contributed by atoms with Crippen molar-refractivity contribution in [1.82, 2.24) is 4.72 Å². The fourth-order valence-corrected chi connectivity index (χ4v) is 3.37. The molecule has 0 fully saturated rings. The van der Waals surface area contributed by atoms with Crippen molar-refractivity contribution in [3.63, 3.8) is 0 Å². The van der Waals surface area contributed by atoms with Crippen LogP contribution < -0.4 is 9.46 Å². The molecule has 0 unspecified atom stereocenters. The number of ether oxygens (including phenoxy) is 2. The molecule has 0 saturated heterocycles. The second-order valence-corrected chi connectivity index (χ2v) is 7.63. The summed E-state index contributed by atoms with van der Waals surface area (Å²) in [6.07, 6.45) is -5.50. The van der Waals surface area contributed by atoms with E-state index in [2.05, 4.69) is 9.46 Å². The van der Waals surface area contributed by atoms with E-state index in [1.807, 2.05) is 19.1 Å². The third kappa shape index (κ3) is 6.79. The van der Waals surface area contributed by atoms with Crippen molar-refractivity contribution in [3.05, 3.63) is 59.7 Å². The molecule has 2 N–H and O–H groups in total. The molecule has 154 valence electrons. The van der Waals surface area contributed by atoms with Gasteiger partial charge in [0.25, 0.3) is 0 Å². The van der Waals surface area contributed by atoms with Crippen molar-refractivity contribution in [2.45, 2.75) is 24.3 Å². The Morgan fingerprint density at radius 1 is 1.07 bits per heavy atom. The van der Waals surface area contributed by atoms with E-state index in [-0.39, 0.29) is 24.7 Å². The number of halogens is 3. The highest BCUT2D eigenvalue weighted by Crippen LogP contribution is 2.24. The van der Waals surface area contributed by atoms with Crippen LogP contribution in [0.1, 0.15) is 17.2 Å². The van der Waals surface area contributed by atoms with E-state index in [4.69, 9.17) is 9.84 Å². The summed E-state index contributed by atoms with van der Waals surface area (Å²) < 4.78 is 73.0. The SMILES string of the molecule is Cc1ccc([C@H](CNS(=O)(=O)c2ccc(OC(F)(F)F)cc2)OCCO)cc1. The molecule has 0 bridgehead atoms. The first-order chi connectivity index (χ1) is 13.1. The van der Waals surface area contributed by atoms with E-state index in [1.165, 1.54) is 0 Å². The highest BCUT2D eigenvalue weighted by atomic mass is 32.2. The average Bonchev–Trinajstić information content (AvgIpc) is 2.62. The molecule has 0 amide bonds. The smallest absolute Gasteiger partial charge is 0.406 e. The third-order valence-electron chi connectivity index (χ3n) is 3.69. The highest BCUT2D eigenvalue weighted by molar-refractivity contribution is 7.89.